The van der Waals surface area contributed by atoms with Crippen LogP contribution in [-0.4, -0.2) is 23.0 Å². The zero-order valence-corrected chi connectivity index (χ0v) is 7.37. The highest BCUT2D eigenvalue weighted by Gasteiger charge is 2.18. The first-order valence-corrected chi connectivity index (χ1v) is 3.91. The molecule has 0 amide bonds. The molecule has 2 atom stereocenters. The molecule has 3 nitrogen and oxygen atoms in total. The van der Waals surface area contributed by atoms with E-state index in [9.17, 15) is 4.79 Å². The molecular weight excluding hydrogens is 142 g/mol. The minimum absolute atomic E-state index is 0.0602. The second-order valence-electron chi connectivity index (χ2n) is 3.33. The summed E-state index contributed by atoms with van der Waals surface area (Å²) in [7, 11) is 0. The number of hydrogen-bond donors (Lipinski definition) is 2. The van der Waals surface area contributed by atoms with E-state index in [0.29, 0.717) is 12.3 Å². The molecule has 11 heavy (non-hydrogen) atoms. The fourth-order valence-electron chi connectivity index (χ4n) is 0.807. The normalized spacial score (nSPS) is 16.5. The molecule has 0 aliphatic heterocycles. The minimum atomic E-state index is -0.735. The third-order valence-electron chi connectivity index (χ3n) is 1.50. The third kappa shape index (κ3) is 4.11. The Labute approximate surface area is 67.6 Å². The van der Waals surface area contributed by atoms with E-state index < -0.39 is 12.1 Å². The van der Waals surface area contributed by atoms with Crippen molar-refractivity contribution < 1.29 is 9.90 Å². The maximum atomic E-state index is 11.1. The highest BCUT2D eigenvalue weighted by Crippen LogP contribution is 2.03. The molecular formula is C8H17NO2. The van der Waals surface area contributed by atoms with Crippen molar-refractivity contribution >= 4 is 5.78 Å². The Bertz CT molecular complexity index is 132. The van der Waals surface area contributed by atoms with Crippen molar-refractivity contribution in [2.75, 3.05) is 0 Å². The van der Waals surface area contributed by atoms with E-state index in [0.717, 1.165) is 0 Å². The predicted molar refractivity (Wildman–Crippen MR) is 44.1 cm³/mol. The van der Waals surface area contributed by atoms with Crippen molar-refractivity contribution in [2.45, 2.75) is 39.3 Å². The lowest BCUT2D eigenvalue weighted by molar-refractivity contribution is -0.123. The molecule has 0 spiro atoms. The molecule has 0 saturated heterocycles. The Morgan fingerprint density at radius 3 is 2.18 bits per heavy atom. The molecule has 0 fully saturated rings. The van der Waals surface area contributed by atoms with Crippen LogP contribution in [0.5, 0.6) is 0 Å². The molecule has 0 aromatic heterocycles. The van der Waals surface area contributed by atoms with Crippen molar-refractivity contribution in [3.63, 3.8) is 0 Å². The van der Waals surface area contributed by atoms with Crippen LogP contribution in [0.1, 0.15) is 27.2 Å². The summed E-state index contributed by atoms with van der Waals surface area (Å²) >= 11 is 0. The first-order valence-electron chi connectivity index (χ1n) is 3.91. The summed E-state index contributed by atoms with van der Waals surface area (Å²) in [5.74, 6) is 0.252. The Morgan fingerprint density at radius 1 is 1.45 bits per heavy atom. The molecule has 66 valence electrons. The number of hydrogen-bond acceptors (Lipinski definition) is 3. The maximum Gasteiger partial charge on any atom is 0.152 e. The molecule has 0 heterocycles. The summed E-state index contributed by atoms with van der Waals surface area (Å²) in [6, 6.07) is -0.711. The van der Waals surface area contributed by atoms with Gasteiger partial charge in [-0.25, -0.2) is 0 Å². The van der Waals surface area contributed by atoms with Crippen LogP contribution in [0.2, 0.25) is 0 Å². The van der Waals surface area contributed by atoms with E-state index in [4.69, 9.17) is 10.8 Å². The lowest BCUT2D eigenvalue weighted by Gasteiger charge is -2.14. The molecule has 0 aromatic rings. The van der Waals surface area contributed by atoms with E-state index in [-0.39, 0.29) is 5.78 Å². The van der Waals surface area contributed by atoms with Crippen LogP contribution in [0.25, 0.3) is 0 Å². The first-order chi connectivity index (χ1) is 4.95. The standard InChI is InChI=1S/C8H17NO2/c1-5(2)4-7(11)8(9)6(3)10/h5-6,8,10H,4,9H2,1-3H3. The Kier molecular flexibility index (Phi) is 4.30. The number of carbonyl (C=O) groups is 1. The van der Waals surface area contributed by atoms with Crippen molar-refractivity contribution in [3.05, 3.63) is 0 Å². The van der Waals surface area contributed by atoms with E-state index in [1.54, 1.807) is 0 Å². The van der Waals surface area contributed by atoms with Crippen molar-refractivity contribution in [2.24, 2.45) is 11.7 Å². The molecule has 0 radical (unpaired) electrons. The van der Waals surface area contributed by atoms with Crippen molar-refractivity contribution in [3.8, 4) is 0 Å². The molecule has 0 rings (SSSR count). The van der Waals surface area contributed by atoms with Gasteiger partial charge in [0.05, 0.1) is 12.1 Å². The van der Waals surface area contributed by atoms with Crippen LogP contribution in [0.15, 0.2) is 0 Å². The molecule has 3 N–H and O–H groups in total. The summed E-state index contributed by atoms with van der Waals surface area (Å²) in [6.45, 7) is 5.43. The molecule has 0 aliphatic carbocycles. The van der Waals surface area contributed by atoms with Crippen LogP contribution >= 0.6 is 0 Å². The highest BCUT2D eigenvalue weighted by atomic mass is 16.3. The van der Waals surface area contributed by atoms with Gasteiger partial charge in [-0.15, -0.1) is 0 Å². The molecule has 0 saturated carbocycles. The predicted octanol–water partition coefficient (Wildman–Crippen LogP) is 0.310. The number of nitrogens with two attached hydrogens (primary N) is 1. The Balaban J connectivity index is 3.83. The van der Waals surface area contributed by atoms with Gasteiger partial charge in [-0.3, -0.25) is 4.79 Å². The monoisotopic (exact) mass is 159 g/mol. The molecule has 0 aromatic carbocycles. The number of aliphatic hydroxyl groups is 1. The number of carbonyl (C=O) groups excluding carboxylic acids is 1. The summed E-state index contributed by atoms with van der Waals surface area (Å²) in [6.07, 6.45) is -0.284. The van der Waals surface area contributed by atoms with E-state index in [2.05, 4.69) is 0 Å². The van der Waals surface area contributed by atoms with Gasteiger partial charge in [0.2, 0.25) is 0 Å². The van der Waals surface area contributed by atoms with Gasteiger partial charge < -0.3 is 10.8 Å². The summed E-state index contributed by atoms with van der Waals surface area (Å²) in [5, 5.41) is 8.96. The first kappa shape index (κ1) is 10.6. The Hall–Kier alpha value is -0.410. The van der Waals surface area contributed by atoms with Crippen LogP contribution in [0, 0.1) is 5.92 Å². The van der Waals surface area contributed by atoms with Gasteiger partial charge in [0, 0.05) is 6.42 Å². The topological polar surface area (TPSA) is 63.3 Å². The molecule has 2 unspecified atom stereocenters. The van der Waals surface area contributed by atoms with Gasteiger partial charge in [-0.1, -0.05) is 13.8 Å². The lowest BCUT2D eigenvalue weighted by Crippen LogP contribution is -2.40. The fraction of sp³-hybridized carbons (Fsp3) is 0.875. The van der Waals surface area contributed by atoms with Gasteiger partial charge >= 0.3 is 0 Å². The summed E-state index contributed by atoms with van der Waals surface area (Å²) < 4.78 is 0. The smallest absolute Gasteiger partial charge is 0.152 e. The number of aliphatic hydroxyl groups excluding tert-OH is 1. The van der Waals surface area contributed by atoms with Crippen LogP contribution in [0.4, 0.5) is 0 Å². The van der Waals surface area contributed by atoms with E-state index in [1.807, 2.05) is 13.8 Å². The van der Waals surface area contributed by atoms with Gasteiger partial charge in [0.25, 0.3) is 0 Å². The number of Topliss-reactive ketones (excluding diaryl/α,β-unsaturated/α-hetero) is 1. The van der Waals surface area contributed by atoms with E-state index in [1.165, 1.54) is 6.92 Å². The minimum Gasteiger partial charge on any atom is -0.391 e. The lowest BCUT2D eigenvalue weighted by atomic mass is 10.00. The fourth-order valence-corrected chi connectivity index (χ4v) is 0.807. The van der Waals surface area contributed by atoms with Crippen molar-refractivity contribution in [1.82, 2.24) is 0 Å². The second-order valence-corrected chi connectivity index (χ2v) is 3.33. The molecule has 0 aliphatic rings. The second kappa shape index (κ2) is 4.46. The Morgan fingerprint density at radius 2 is 1.91 bits per heavy atom. The van der Waals surface area contributed by atoms with Crippen LogP contribution < -0.4 is 5.73 Å². The van der Waals surface area contributed by atoms with Gasteiger partial charge in [0.1, 0.15) is 0 Å². The average Bonchev–Trinajstić information content (AvgIpc) is 1.84. The molecule has 0 bridgehead atoms. The highest BCUT2D eigenvalue weighted by molar-refractivity contribution is 5.84. The SMILES string of the molecule is CC(C)CC(=O)C(N)C(C)O. The van der Waals surface area contributed by atoms with E-state index >= 15 is 0 Å². The number of ketones is 1. The van der Waals surface area contributed by atoms with Gasteiger partial charge in [-0.2, -0.15) is 0 Å². The number of rotatable bonds is 4. The van der Waals surface area contributed by atoms with Gasteiger partial charge in [-0.05, 0) is 12.8 Å². The zero-order chi connectivity index (χ0) is 9.02. The van der Waals surface area contributed by atoms with Crippen LogP contribution in [0.3, 0.4) is 0 Å². The van der Waals surface area contributed by atoms with Gasteiger partial charge in [0.15, 0.2) is 5.78 Å². The maximum absolute atomic E-state index is 11.1. The average molecular weight is 159 g/mol. The zero-order valence-electron chi connectivity index (χ0n) is 7.37. The molecule has 3 heteroatoms. The van der Waals surface area contributed by atoms with Crippen LogP contribution in [-0.2, 0) is 4.79 Å². The van der Waals surface area contributed by atoms with Crippen molar-refractivity contribution in [1.29, 1.82) is 0 Å². The summed E-state index contributed by atoms with van der Waals surface area (Å²) in [4.78, 5) is 11.1. The third-order valence-corrected chi connectivity index (χ3v) is 1.50. The largest absolute Gasteiger partial charge is 0.391 e. The summed E-state index contributed by atoms with van der Waals surface area (Å²) in [5.41, 5.74) is 5.41. The quantitative estimate of drug-likeness (QED) is 0.620.